The van der Waals surface area contributed by atoms with Crippen LogP contribution in [0.15, 0.2) is 28.4 Å². The van der Waals surface area contributed by atoms with Crippen molar-refractivity contribution >= 4 is 37.1 Å². The summed E-state index contributed by atoms with van der Waals surface area (Å²) in [6.07, 6.45) is 3.98. The summed E-state index contributed by atoms with van der Waals surface area (Å²) >= 11 is 3.15. The number of sulfone groups is 1. The Balaban J connectivity index is 2.30. The number of aromatic nitrogens is 1. The second kappa shape index (κ2) is 4.65. The van der Waals surface area contributed by atoms with E-state index in [1.54, 1.807) is 0 Å². The van der Waals surface area contributed by atoms with Gasteiger partial charge in [-0.05, 0) is 15.9 Å². The second-order valence-electron chi connectivity index (χ2n) is 3.68. The zero-order valence-electron chi connectivity index (χ0n) is 8.91. The van der Waals surface area contributed by atoms with Crippen molar-refractivity contribution in [3.63, 3.8) is 0 Å². The Bertz CT molecular complexity index is 629. The molecule has 96 valence electrons. The number of hydrogen-bond acceptors (Lipinski definition) is 6. The predicted molar refractivity (Wildman–Crippen MR) is 68.9 cm³/mol. The fraction of sp³-hybridized carbons (Fsp3) is 0.222. The molecule has 0 fully saturated rings. The first kappa shape index (κ1) is 13.0. The monoisotopic (exact) mass is 333 g/mol. The van der Waals surface area contributed by atoms with Gasteiger partial charge >= 0.3 is 5.69 Å². The minimum atomic E-state index is -3.21. The van der Waals surface area contributed by atoms with Gasteiger partial charge in [0.25, 0.3) is 0 Å². The summed E-state index contributed by atoms with van der Waals surface area (Å²) in [6, 6.07) is -0.479. The highest BCUT2D eigenvalue weighted by Gasteiger charge is 2.25. The van der Waals surface area contributed by atoms with Gasteiger partial charge in [0.15, 0.2) is 9.84 Å². The molecule has 0 saturated carbocycles. The highest BCUT2D eigenvalue weighted by molar-refractivity contribution is 9.10. The average Bonchev–Trinajstić information content (AvgIpc) is 2.61. The summed E-state index contributed by atoms with van der Waals surface area (Å²) in [6.45, 7) is 0. The Morgan fingerprint density at radius 1 is 1.50 bits per heavy atom. The smallest absolute Gasteiger partial charge is 0.311 e. The molecule has 1 aliphatic heterocycles. The van der Waals surface area contributed by atoms with E-state index >= 15 is 0 Å². The van der Waals surface area contributed by atoms with Crippen LogP contribution in [0.1, 0.15) is 0 Å². The van der Waals surface area contributed by atoms with Gasteiger partial charge in [-0.3, -0.25) is 15.1 Å². The van der Waals surface area contributed by atoms with Gasteiger partial charge in [0.2, 0.25) is 0 Å². The van der Waals surface area contributed by atoms with E-state index in [2.05, 4.69) is 26.2 Å². The number of anilines is 1. The zero-order chi connectivity index (χ0) is 13.3. The SMILES string of the molecule is O=[N+]([O-])c1cncc(Br)c1NC1C=CS(=O)(=O)C1. The van der Waals surface area contributed by atoms with E-state index in [0.29, 0.717) is 4.47 Å². The first-order valence-corrected chi connectivity index (χ1v) is 7.35. The van der Waals surface area contributed by atoms with Gasteiger partial charge in [-0.25, -0.2) is 8.42 Å². The lowest BCUT2D eigenvalue weighted by Crippen LogP contribution is -2.21. The number of nitrogens with zero attached hydrogens (tertiary/aromatic N) is 2. The molecule has 2 heterocycles. The van der Waals surface area contributed by atoms with Gasteiger partial charge in [0.1, 0.15) is 11.9 Å². The molecule has 1 N–H and O–H groups in total. The Kier molecular flexibility index (Phi) is 3.35. The second-order valence-corrected chi connectivity index (χ2v) is 6.47. The Hall–Kier alpha value is -1.48. The third kappa shape index (κ3) is 2.67. The summed E-state index contributed by atoms with van der Waals surface area (Å²) in [4.78, 5) is 14.0. The van der Waals surface area contributed by atoms with Crippen LogP contribution in [-0.4, -0.2) is 30.1 Å². The number of nitro groups is 1. The molecule has 1 aromatic rings. The van der Waals surface area contributed by atoms with Crippen molar-refractivity contribution < 1.29 is 13.3 Å². The molecule has 0 spiro atoms. The van der Waals surface area contributed by atoms with Crippen LogP contribution in [0.5, 0.6) is 0 Å². The lowest BCUT2D eigenvalue weighted by atomic mass is 10.3. The average molecular weight is 334 g/mol. The minimum absolute atomic E-state index is 0.112. The summed E-state index contributed by atoms with van der Waals surface area (Å²) in [7, 11) is -3.21. The van der Waals surface area contributed by atoms with E-state index in [0.717, 1.165) is 11.6 Å². The van der Waals surface area contributed by atoms with Crippen LogP contribution in [0.2, 0.25) is 0 Å². The van der Waals surface area contributed by atoms with E-state index in [-0.39, 0.29) is 17.1 Å². The topological polar surface area (TPSA) is 102 Å². The summed E-state index contributed by atoms with van der Waals surface area (Å²) in [5.74, 6) is -0.112. The van der Waals surface area contributed by atoms with Crippen LogP contribution >= 0.6 is 15.9 Å². The van der Waals surface area contributed by atoms with Crippen LogP contribution in [0, 0.1) is 10.1 Å². The lowest BCUT2D eigenvalue weighted by molar-refractivity contribution is -0.384. The maximum Gasteiger partial charge on any atom is 0.311 e. The normalized spacial score (nSPS) is 20.8. The highest BCUT2D eigenvalue weighted by Crippen LogP contribution is 2.32. The van der Waals surface area contributed by atoms with Gasteiger partial charge in [0.05, 0.1) is 21.2 Å². The predicted octanol–water partition coefficient (Wildman–Crippen LogP) is 1.47. The molecular weight excluding hydrogens is 326 g/mol. The van der Waals surface area contributed by atoms with Crippen molar-refractivity contribution in [3.05, 3.63) is 38.5 Å². The Labute approximate surface area is 111 Å². The molecule has 1 atom stereocenters. The molecule has 18 heavy (non-hydrogen) atoms. The maximum atomic E-state index is 11.3. The quantitative estimate of drug-likeness (QED) is 0.663. The van der Waals surface area contributed by atoms with Crippen LogP contribution < -0.4 is 5.32 Å². The first-order valence-electron chi connectivity index (χ1n) is 4.84. The summed E-state index contributed by atoms with van der Waals surface area (Å²) in [5, 5.41) is 14.8. The molecule has 2 rings (SSSR count). The van der Waals surface area contributed by atoms with Gasteiger partial charge in [-0.1, -0.05) is 6.08 Å². The standard InChI is InChI=1S/C9H8BrN3O4S/c10-7-3-11-4-8(13(14)15)9(7)12-6-1-2-18(16,17)5-6/h1-4,6H,5H2,(H,11,12). The fourth-order valence-electron chi connectivity index (χ4n) is 1.56. The summed E-state index contributed by atoms with van der Waals surface area (Å²) < 4.78 is 22.9. The number of halogens is 1. The third-order valence-corrected chi connectivity index (χ3v) is 4.33. The van der Waals surface area contributed by atoms with Crippen molar-refractivity contribution in [2.24, 2.45) is 0 Å². The van der Waals surface area contributed by atoms with E-state index in [1.165, 1.54) is 12.3 Å². The van der Waals surface area contributed by atoms with Crippen LogP contribution in [-0.2, 0) is 9.84 Å². The molecule has 0 aromatic carbocycles. The summed E-state index contributed by atoms with van der Waals surface area (Å²) in [5.41, 5.74) is 0.0174. The molecule has 0 radical (unpaired) electrons. The van der Waals surface area contributed by atoms with Crippen LogP contribution in [0.25, 0.3) is 0 Å². The van der Waals surface area contributed by atoms with E-state index in [4.69, 9.17) is 0 Å². The van der Waals surface area contributed by atoms with Crippen LogP contribution in [0.4, 0.5) is 11.4 Å². The molecule has 7 nitrogen and oxygen atoms in total. The van der Waals surface area contributed by atoms with Crippen molar-refractivity contribution in [2.75, 3.05) is 11.1 Å². The Morgan fingerprint density at radius 3 is 2.78 bits per heavy atom. The molecule has 0 bridgehead atoms. The molecule has 1 unspecified atom stereocenters. The van der Waals surface area contributed by atoms with Gasteiger partial charge in [0, 0.05) is 11.6 Å². The molecule has 0 saturated heterocycles. The zero-order valence-corrected chi connectivity index (χ0v) is 11.3. The molecule has 1 aromatic heterocycles. The van der Waals surface area contributed by atoms with E-state index < -0.39 is 20.8 Å². The van der Waals surface area contributed by atoms with Gasteiger partial charge < -0.3 is 5.32 Å². The van der Waals surface area contributed by atoms with E-state index in [9.17, 15) is 18.5 Å². The van der Waals surface area contributed by atoms with E-state index in [1.807, 2.05) is 0 Å². The largest absolute Gasteiger partial charge is 0.371 e. The number of pyridine rings is 1. The molecule has 1 aliphatic rings. The number of rotatable bonds is 3. The van der Waals surface area contributed by atoms with Crippen molar-refractivity contribution in [3.8, 4) is 0 Å². The molecule has 0 aliphatic carbocycles. The Morgan fingerprint density at radius 2 is 2.22 bits per heavy atom. The molecular formula is C9H8BrN3O4S. The van der Waals surface area contributed by atoms with Gasteiger partial charge in [-0.15, -0.1) is 0 Å². The maximum absolute atomic E-state index is 11.3. The molecule has 9 heteroatoms. The lowest BCUT2D eigenvalue weighted by Gasteiger charge is -2.12. The fourth-order valence-corrected chi connectivity index (χ4v) is 3.23. The van der Waals surface area contributed by atoms with Crippen molar-refractivity contribution in [2.45, 2.75) is 6.04 Å². The number of nitrogens with one attached hydrogen (secondary N) is 1. The van der Waals surface area contributed by atoms with Crippen LogP contribution in [0.3, 0.4) is 0 Å². The minimum Gasteiger partial charge on any atom is -0.371 e. The molecule has 0 amide bonds. The van der Waals surface area contributed by atoms with Gasteiger partial charge in [-0.2, -0.15) is 0 Å². The van der Waals surface area contributed by atoms with Crippen molar-refractivity contribution in [1.29, 1.82) is 0 Å². The highest BCUT2D eigenvalue weighted by atomic mass is 79.9. The van der Waals surface area contributed by atoms with Crippen molar-refractivity contribution in [1.82, 2.24) is 4.98 Å². The third-order valence-electron chi connectivity index (χ3n) is 2.34. The number of hydrogen-bond donors (Lipinski definition) is 1. The first-order chi connectivity index (χ1) is 8.39.